The fourth-order valence-electron chi connectivity index (χ4n) is 6.32. The summed E-state index contributed by atoms with van der Waals surface area (Å²) in [6.07, 6.45) is 0.554. The van der Waals surface area contributed by atoms with Gasteiger partial charge in [-0.25, -0.2) is 9.48 Å². The van der Waals surface area contributed by atoms with Crippen LogP contribution in [-0.4, -0.2) is 55.6 Å². The molecule has 6 aromatic rings. The first-order valence-corrected chi connectivity index (χ1v) is 16.0. The van der Waals surface area contributed by atoms with Crippen molar-refractivity contribution in [3.8, 4) is 17.0 Å². The number of nitrogens with one attached hydrogen (secondary N) is 1. The van der Waals surface area contributed by atoms with Gasteiger partial charge in [0, 0.05) is 12.6 Å². The Hall–Kier alpha value is -5.62. The van der Waals surface area contributed by atoms with Crippen molar-refractivity contribution in [2.45, 2.75) is 37.0 Å². The highest BCUT2D eigenvalue weighted by molar-refractivity contribution is 5.55. The molecule has 1 aliphatic rings. The number of aliphatic hydroxyl groups excluding tert-OH is 1. The predicted molar refractivity (Wildman–Crippen MR) is 182 cm³/mol. The SMILES string of the molecule is COc1ccc(C(OC[C@@H]2O[C@H](n3cc(-c4cn(Cc5ccccc5)nn4)c(=O)[nH]c3=O)CC2O)(c2ccccc2)c2ccccc2)cc1. The van der Waals surface area contributed by atoms with E-state index >= 15 is 0 Å². The molecule has 3 heterocycles. The summed E-state index contributed by atoms with van der Waals surface area (Å²) < 4.78 is 21.5. The summed E-state index contributed by atoms with van der Waals surface area (Å²) in [5, 5.41) is 19.6. The highest BCUT2D eigenvalue weighted by Crippen LogP contribution is 2.42. The van der Waals surface area contributed by atoms with E-state index in [0.29, 0.717) is 18.0 Å². The number of hydrogen-bond donors (Lipinski definition) is 2. The third-order valence-electron chi connectivity index (χ3n) is 8.81. The summed E-state index contributed by atoms with van der Waals surface area (Å²) >= 11 is 0. The van der Waals surface area contributed by atoms with Crippen LogP contribution in [0.25, 0.3) is 11.3 Å². The summed E-state index contributed by atoms with van der Waals surface area (Å²) in [6, 6.07) is 37.2. The molecule has 4 aromatic carbocycles. The van der Waals surface area contributed by atoms with Crippen molar-refractivity contribution in [3.63, 3.8) is 0 Å². The molecule has 2 N–H and O–H groups in total. The molecule has 248 valence electrons. The molecule has 11 heteroatoms. The molecular formula is C38H35N5O6. The van der Waals surface area contributed by atoms with Crippen molar-refractivity contribution >= 4 is 0 Å². The van der Waals surface area contributed by atoms with Crippen LogP contribution >= 0.6 is 0 Å². The van der Waals surface area contributed by atoms with E-state index in [1.165, 1.54) is 10.8 Å². The Morgan fingerprint density at radius 1 is 0.857 bits per heavy atom. The normalized spacial score (nSPS) is 17.6. The minimum Gasteiger partial charge on any atom is -0.497 e. The van der Waals surface area contributed by atoms with E-state index in [1.807, 2.05) is 115 Å². The first-order valence-electron chi connectivity index (χ1n) is 16.0. The van der Waals surface area contributed by atoms with Gasteiger partial charge in [0.2, 0.25) is 0 Å². The molecule has 11 nitrogen and oxygen atoms in total. The van der Waals surface area contributed by atoms with Crippen molar-refractivity contribution in [1.82, 2.24) is 24.5 Å². The second-order valence-corrected chi connectivity index (χ2v) is 11.9. The number of H-pyrrole nitrogens is 1. The molecule has 49 heavy (non-hydrogen) atoms. The average Bonchev–Trinajstić information content (AvgIpc) is 3.76. The number of methoxy groups -OCH3 is 1. The maximum Gasteiger partial charge on any atom is 0.330 e. The summed E-state index contributed by atoms with van der Waals surface area (Å²) in [5.74, 6) is 0.709. The quantitative estimate of drug-likeness (QED) is 0.195. The van der Waals surface area contributed by atoms with Crippen LogP contribution < -0.4 is 16.0 Å². The van der Waals surface area contributed by atoms with Crippen molar-refractivity contribution in [3.05, 3.63) is 171 Å². The van der Waals surface area contributed by atoms with Gasteiger partial charge in [-0.3, -0.25) is 14.3 Å². The van der Waals surface area contributed by atoms with E-state index < -0.39 is 35.3 Å². The first-order chi connectivity index (χ1) is 23.9. The third kappa shape index (κ3) is 6.47. The van der Waals surface area contributed by atoms with Gasteiger partial charge >= 0.3 is 5.69 Å². The van der Waals surface area contributed by atoms with Gasteiger partial charge in [-0.15, -0.1) is 5.10 Å². The zero-order chi connectivity index (χ0) is 33.8. The number of aromatic nitrogens is 5. The number of aliphatic hydroxyl groups is 1. The fourth-order valence-corrected chi connectivity index (χ4v) is 6.32. The molecule has 0 spiro atoms. The fraction of sp³-hybridized carbons (Fsp3) is 0.211. The van der Waals surface area contributed by atoms with Gasteiger partial charge in [-0.2, -0.15) is 0 Å². The van der Waals surface area contributed by atoms with E-state index in [4.69, 9.17) is 14.2 Å². The molecule has 0 amide bonds. The van der Waals surface area contributed by atoms with Crippen LogP contribution in [0.4, 0.5) is 0 Å². The van der Waals surface area contributed by atoms with Crippen LogP contribution in [0, 0.1) is 0 Å². The largest absolute Gasteiger partial charge is 0.497 e. The number of rotatable bonds is 11. The molecule has 0 radical (unpaired) electrons. The first kappa shape index (κ1) is 32.0. The highest BCUT2D eigenvalue weighted by Gasteiger charge is 2.42. The Bertz CT molecular complexity index is 2070. The zero-order valence-corrected chi connectivity index (χ0v) is 26.8. The molecular weight excluding hydrogens is 622 g/mol. The van der Waals surface area contributed by atoms with Gasteiger partial charge in [-0.1, -0.05) is 108 Å². The number of aromatic amines is 1. The predicted octanol–water partition coefficient (Wildman–Crippen LogP) is 4.51. The van der Waals surface area contributed by atoms with Gasteiger partial charge in [0.25, 0.3) is 5.56 Å². The van der Waals surface area contributed by atoms with Gasteiger partial charge in [0.05, 0.1) is 38.1 Å². The molecule has 1 fully saturated rings. The lowest BCUT2D eigenvalue weighted by molar-refractivity contribution is -0.0944. The van der Waals surface area contributed by atoms with Crippen LogP contribution in [0.1, 0.15) is 34.9 Å². The Labute approximate surface area is 282 Å². The van der Waals surface area contributed by atoms with E-state index in [2.05, 4.69) is 15.3 Å². The average molecular weight is 658 g/mol. The van der Waals surface area contributed by atoms with Gasteiger partial charge < -0.3 is 19.3 Å². The molecule has 1 unspecified atom stereocenters. The molecule has 0 aliphatic carbocycles. The number of hydrogen-bond acceptors (Lipinski definition) is 8. The highest BCUT2D eigenvalue weighted by atomic mass is 16.6. The van der Waals surface area contributed by atoms with Crippen molar-refractivity contribution < 1.29 is 19.3 Å². The molecule has 0 saturated carbocycles. The summed E-state index contributed by atoms with van der Waals surface area (Å²) in [5.41, 5.74) is 1.79. The standard InChI is InChI=1S/C38H35N5O6/c1-47-30-19-17-29(18-20-30)38(27-13-7-3-8-14-27,28-15-9-4-10-16-28)48-25-34-33(44)21-35(49-34)43-23-31(36(45)39-37(43)46)32-24-42(41-40-32)22-26-11-5-2-6-12-26/h2-20,23-24,33-35,44H,21-22,25H2,1H3,(H,39,45,46)/t33?,34-,35-/m0/s1. The summed E-state index contributed by atoms with van der Waals surface area (Å²) in [4.78, 5) is 28.3. The number of ether oxygens (including phenoxy) is 3. The smallest absolute Gasteiger partial charge is 0.330 e. The summed E-state index contributed by atoms with van der Waals surface area (Å²) in [7, 11) is 1.62. The monoisotopic (exact) mass is 657 g/mol. The second-order valence-electron chi connectivity index (χ2n) is 11.9. The van der Waals surface area contributed by atoms with Crippen LogP contribution in [0.2, 0.25) is 0 Å². The Balaban J connectivity index is 1.17. The maximum atomic E-state index is 13.1. The van der Waals surface area contributed by atoms with Crippen molar-refractivity contribution in [2.24, 2.45) is 0 Å². The summed E-state index contributed by atoms with van der Waals surface area (Å²) in [6.45, 7) is 0.460. The second kappa shape index (κ2) is 13.9. The molecule has 2 aromatic heterocycles. The minimum absolute atomic E-state index is 0.00768. The molecule has 3 atom stereocenters. The topological polar surface area (TPSA) is 133 Å². The van der Waals surface area contributed by atoms with Gasteiger partial charge in [0.15, 0.2) is 0 Å². The Morgan fingerprint density at radius 2 is 1.47 bits per heavy atom. The van der Waals surface area contributed by atoms with E-state index in [0.717, 1.165) is 22.3 Å². The molecule has 0 bridgehead atoms. The molecule has 1 saturated heterocycles. The zero-order valence-electron chi connectivity index (χ0n) is 26.8. The lowest BCUT2D eigenvalue weighted by atomic mass is 9.80. The Kier molecular flexibility index (Phi) is 9.03. The minimum atomic E-state index is -1.07. The van der Waals surface area contributed by atoms with Gasteiger partial charge in [-0.05, 0) is 34.4 Å². The van der Waals surface area contributed by atoms with Crippen molar-refractivity contribution in [1.29, 1.82) is 0 Å². The van der Waals surface area contributed by atoms with Gasteiger partial charge in [0.1, 0.15) is 29.4 Å². The third-order valence-corrected chi connectivity index (χ3v) is 8.81. The maximum absolute atomic E-state index is 13.1. The van der Waals surface area contributed by atoms with Crippen LogP contribution in [0.3, 0.4) is 0 Å². The number of benzene rings is 4. The van der Waals surface area contributed by atoms with E-state index in [9.17, 15) is 14.7 Å². The van der Waals surface area contributed by atoms with Crippen LogP contribution in [0.5, 0.6) is 5.75 Å². The van der Waals surface area contributed by atoms with Crippen LogP contribution in [-0.2, 0) is 21.6 Å². The van der Waals surface area contributed by atoms with E-state index in [1.54, 1.807) is 18.0 Å². The molecule has 7 rings (SSSR count). The molecule has 1 aliphatic heterocycles. The lowest BCUT2D eigenvalue weighted by Gasteiger charge is -2.37. The van der Waals surface area contributed by atoms with Crippen molar-refractivity contribution in [2.75, 3.05) is 13.7 Å². The van der Waals surface area contributed by atoms with E-state index in [-0.39, 0.29) is 18.6 Å². The number of nitrogens with zero attached hydrogens (tertiary/aromatic N) is 4. The Morgan fingerprint density at radius 3 is 2.10 bits per heavy atom. The van der Waals surface area contributed by atoms with Crippen LogP contribution in [0.15, 0.2) is 137 Å². The lowest BCUT2D eigenvalue weighted by Crippen LogP contribution is -2.38.